The first-order valence-electron chi connectivity index (χ1n) is 11.1. The van der Waals surface area contributed by atoms with Gasteiger partial charge >= 0.3 is 0 Å². The largest absolute Gasteiger partial charge is 0.306 e. The number of hydrogen-bond donors (Lipinski definition) is 1. The second-order valence-corrected chi connectivity index (χ2v) is 11.7. The van der Waals surface area contributed by atoms with Crippen molar-refractivity contribution >= 4 is 54.9 Å². The minimum atomic E-state index is -3.60. The van der Waals surface area contributed by atoms with Crippen LogP contribution in [0.5, 0.6) is 0 Å². The van der Waals surface area contributed by atoms with Gasteiger partial charge in [-0.3, -0.25) is 4.79 Å². The van der Waals surface area contributed by atoms with Gasteiger partial charge in [-0.15, -0.1) is 0 Å². The Labute approximate surface area is 213 Å². The summed E-state index contributed by atoms with van der Waals surface area (Å²) in [6, 6.07) is 11.4. The molecular formula is C24H26ClN5O3S2. The molecule has 0 atom stereocenters. The summed E-state index contributed by atoms with van der Waals surface area (Å²) in [6.45, 7) is 6.24. The third-order valence-corrected chi connectivity index (χ3v) is 8.95. The van der Waals surface area contributed by atoms with Gasteiger partial charge in [0.05, 0.1) is 25.8 Å². The van der Waals surface area contributed by atoms with Crippen LogP contribution in [0.15, 0.2) is 47.4 Å². The number of nitrogens with one attached hydrogen (secondary N) is 1. The highest BCUT2D eigenvalue weighted by molar-refractivity contribution is 7.89. The standard InChI is InChI=1S/C24H26ClN5O3S2/c1-5-6-13-29(4)35(32,33)18-10-8-17(9-11-18)23(31)26-20-14-16(3)28-30(20)24-27-21-15(2)7-12-19(25)22(21)34-24/h7-12,14H,5-6,13H2,1-4H3,(H,26,31). The quantitative estimate of drug-likeness (QED) is 0.327. The van der Waals surface area contributed by atoms with Gasteiger partial charge in [-0.05, 0) is 56.2 Å². The first-order valence-corrected chi connectivity index (χ1v) is 13.8. The Morgan fingerprint density at radius 3 is 2.54 bits per heavy atom. The second kappa shape index (κ2) is 10.1. The van der Waals surface area contributed by atoms with Gasteiger partial charge in [0.1, 0.15) is 5.82 Å². The number of sulfonamides is 1. The molecule has 35 heavy (non-hydrogen) atoms. The van der Waals surface area contributed by atoms with Crippen LogP contribution in [-0.2, 0) is 10.0 Å². The molecule has 0 saturated heterocycles. The molecule has 2 aromatic carbocycles. The molecule has 2 heterocycles. The van der Waals surface area contributed by atoms with Crippen LogP contribution in [0.25, 0.3) is 15.3 Å². The first-order chi connectivity index (χ1) is 16.6. The summed E-state index contributed by atoms with van der Waals surface area (Å²) in [4.78, 5) is 17.8. The van der Waals surface area contributed by atoms with Crippen molar-refractivity contribution in [2.45, 2.75) is 38.5 Å². The van der Waals surface area contributed by atoms with E-state index in [0.29, 0.717) is 33.8 Å². The van der Waals surface area contributed by atoms with E-state index in [4.69, 9.17) is 11.6 Å². The minimum absolute atomic E-state index is 0.148. The maximum absolute atomic E-state index is 13.0. The number of aryl methyl sites for hydroxylation is 2. The van der Waals surface area contributed by atoms with Crippen LogP contribution in [0.1, 0.15) is 41.4 Å². The lowest BCUT2D eigenvalue weighted by Crippen LogP contribution is -2.28. The highest BCUT2D eigenvalue weighted by Crippen LogP contribution is 2.34. The molecule has 0 fully saturated rings. The van der Waals surface area contributed by atoms with E-state index in [1.165, 1.54) is 39.9 Å². The van der Waals surface area contributed by atoms with Gasteiger partial charge in [-0.2, -0.15) is 9.78 Å². The monoisotopic (exact) mass is 531 g/mol. The summed E-state index contributed by atoms with van der Waals surface area (Å²) < 4.78 is 29.2. The maximum Gasteiger partial charge on any atom is 0.256 e. The van der Waals surface area contributed by atoms with E-state index in [1.54, 1.807) is 17.8 Å². The van der Waals surface area contributed by atoms with Crippen LogP contribution in [0.2, 0.25) is 5.02 Å². The minimum Gasteiger partial charge on any atom is -0.306 e. The van der Waals surface area contributed by atoms with Crippen LogP contribution in [0.4, 0.5) is 5.82 Å². The molecule has 0 aliphatic carbocycles. The van der Waals surface area contributed by atoms with Crippen molar-refractivity contribution in [1.29, 1.82) is 0 Å². The van der Waals surface area contributed by atoms with Gasteiger partial charge in [0, 0.05) is 25.2 Å². The van der Waals surface area contributed by atoms with E-state index in [2.05, 4.69) is 15.4 Å². The number of carbonyl (C=O) groups is 1. The second-order valence-electron chi connectivity index (χ2n) is 8.28. The fourth-order valence-electron chi connectivity index (χ4n) is 3.56. The summed E-state index contributed by atoms with van der Waals surface area (Å²) >= 11 is 7.74. The number of fused-ring (bicyclic) bond motifs is 1. The molecule has 0 radical (unpaired) electrons. The number of amides is 1. The molecule has 2 aromatic heterocycles. The highest BCUT2D eigenvalue weighted by atomic mass is 35.5. The lowest BCUT2D eigenvalue weighted by atomic mass is 10.2. The third-order valence-electron chi connectivity index (χ3n) is 5.59. The number of unbranched alkanes of at least 4 members (excludes halogenated alkanes) is 1. The molecule has 8 nitrogen and oxygen atoms in total. The first kappa shape index (κ1) is 25.3. The van der Waals surface area contributed by atoms with Gasteiger partial charge < -0.3 is 5.32 Å². The Morgan fingerprint density at radius 2 is 1.89 bits per heavy atom. The average molecular weight is 532 g/mol. The fourth-order valence-corrected chi connectivity index (χ4v) is 6.05. The molecule has 1 N–H and O–H groups in total. The van der Waals surface area contributed by atoms with E-state index in [0.717, 1.165) is 28.6 Å². The van der Waals surface area contributed by atoms with Gasteiger partial charge in [0.15, 0.2) is 0 Å². The van der Waals surface area contributed by atoms with E-state index in [9.17, 15) is 13.2 Å². The number of carbonyl (C=O) groups excluding carboxylic acids is 1. The van der Waals surface area contributed by atoms with Crippen molar-refractivity contribution in [2.75, 3.05) is 18.9 Å². The molecule has 0 aliphatic heterocycles. The van der Waals surface area contributed by atoms with Crippen molar-refractivity contribution in [1.82, 2.24) is 19.1 Å². The Hall–Kier alpha value is -2.79. The summed E-state index contributed by atoms with van der Waals surface area (Å²) in [7, 11) is -2.04. The van der Waals surface area contributed by atoms with Gasteiger partial charge in [0.25, 0.3) is 5.91 Å². The normalized spacial score (nSPS) is 11.9. The summed E-state index contributed by atoms with van der Waals surface area (Å²) in [5.74, 6) is 0.0705. The van der Waals surface area contributed by atoms with Crippen LogP contribution < -0.4 is 5.32 Å². The van der Waals surface area contributed by atoms with Gasteiger partial charge in [0.2, 0.25) is 15.2 Å². The van der Waals surface area contributed by atoms with Crippen molar-refractivity contribution in [3.05, 3.63) is 64.3 Å². The van der Waals surface area contributed by atoms with Crippen molar-refractivity contribution in [3.63, 3.8) is 0 Å². The molecule has 11 heteroatoms. The number of nitrogens with zero attached hydrogens (tertiary/aromatic N) is 4. The molecular weight excluding hydrogens is 506 g/mol. The van der Waals surface area contributed by atoms with Crippen molar-refractivity contribution in [2.24, 2.45) is 0 Å². The summed E-state index contributed by atoms with van der Waals surface area (Å²) in [5.41, 5.74) is 2.83. The fraction of sp³-hybridized carbons (Fsp3) is 0.292. The number of aromatic nitrogens is 3. The Kier molecular flexibility index (Phi) is 7.27. The number of halogens is 1. The molecule has 0 bridgehead atoms. The topological polar surface area (TPSA) is 97.2 Å². The molecule has 0 spiro atoms. The Bertz CT molecular complexity index is 1450. The summed E-state index contributed by atoms with van der Waals surface area (Å²) in [6.07, 6.45) is 1.68. The Morgan fingerprint density at radius 1 is 1.17 bits per heavy atom. The van der Waals surface area contributed by atoms with E-state index in [-0.39, 0.29) is 10.8 Å². The van der Waals surface area contributed by atoms with Gasteiger partial charge in [-0.1, -0.05) is 42.3 Å². The van der Waals surface area contributed by atoms with E-state index in [1.807, 2.05) is 32.9 Å². The molecule has 0 saturated carbocycles. The van der Waals surface area contributed by atoms with Crippen LogP contribution >= 0.6 is 22.9 Å². The molecule has 0 aliphatic rings. The lowest BCUT2D eigenvalue weighted by Gasteiger charge is -2.17. The predicted octanol–water partition coefficient (Wildman–Crippen LogP) is 5.43. The zero-order valence-electron chi connectivity index (χ0n) is 19.9. The maximum atomic E-state index is 13.0. The van der Waals surface area contributed by atoms with E-state index >= 15 is 0 Å². The number of hydrogen-bond acceptors (Lipinski definition) is 6. The smallest absolute Gasteiger partial charge is 0.256 e. The van der Waals surface area contributed by atoms with E-state index < -0.39 is 10.0 Å². The van der Waals surface area contributed by atoms with Crippen LogP contribution in [-0.4, -0.2) is 47.0 Å². The third kappa shape index (κ3) is 5.11. The molecule has 4 rings (SSSR count). The SMILES string of the molecule is CCCCN(C)S(=O)(=O)c1ccc(C(=O)Nc2cc(C)nn2-c2nc3c(C)ccc(Cl)c3s2)cc1. The summed E-state index contributed by atoms with van der Waals surface area (Å²) in [5, 5.41) is 8.55. The number of thiazole rings is 1. The average Bonchev–Trinajstić information content (AvgIpc) is 3.44. The van der Waals surface area contributed by atoms with Crippen LogP contribution in [0.3, 0.4) is 0 Å². The molecule has 184 valence electrons. The molecule has 0 unspecified atom stereocenters. The zero-order valence-corrected chi connectivity index (χ0v) is 22.3. The predicted molar refractivity (Wildman–Crippen MR) is 140 cm³/mol. The highest BCUT2D eigenvalue weighted by Gasteiger charge is 2.21. The molecule has 1 amide bonds. The van der Waals surface area contributed by atoms with Crippen molar-refractivity contribution in [3.8, 4) is 5.13 Å². The van der Waals surface area contributed by atoms with Crippen molar-refractivity contribution < 1.29 is 13.2 Å². The number of rotatable bonds is 8. The number of benzene rings is 2. The van der Waals surface area contributed by atoms with Crippen LogP contribution in [0, 0.1) is 13.8 Å². The zero-order chi connectivity index (χ0) is 25.3. The molecule has 4 aromatic rings. The Balaban J connectivity index is 1.58. The van der Waals surface area contributed by atoms with Gasteiger partial charge in [-0.25, -0.2) is 17.7 Å². The lowest BCUT2D eigenvalue weighted by molar-refractivity contribution is 0.102. The number of anilines is 1.